The number of amides is 2. The third-order valence-electron chi connectivity index (χ3n) is 6.54. The fraction of sp³-hybridized carbons (Fsp3) is 0.370. The van der Waals surface area contributed by atoms with Gasteiger partial charge in [0, 0.05) is 24.8 Å². The van der Waals surface area contributed by atoms with Crippen molar-refractivity contribution in [3.8, 4) is 28.8 Å². The Morgan fingerprint density at radius 1 is 1.21 bits per heavy atom. The average molecular weight is 456 g/mol. The first-order valence-electron chi connectivity index (χ1n) is 12.0. The molecule has 7 nitrogen and oxygen atoms in total. The molecule has 5 rings (SSSR count). The van der Waals surface area contributed by atoms with Gasteiger partial charge in [0.2, 0.25) is 0 Å². The molecule has 0 spiro atoms. The van der Waals surface area contributed by atoms with Crippen LogP contribution in [0.2, 0.25) is 0 Å². The number of nitriles is 1. The van der Waals surface area contributed by atoms with Gasteiger partial charge < -0.3 is 15.0 Å². The summed E-state index contributed by atoms with van der Waals surface area (Å²) >= 11 is 0. The van der Waals surface area contributed by atoms with Crippen molar-refractivity contribution < 1.29 is 9.53 Å². The maximum absolute atomic E-state index is 12.6. The van der Waals surface area contributed by atoms with Gasteiger partial charge in [-0.2, -0.15) is 10.4 Å². The second-order valence-electron chi connectivity index (χ2n) is 9.21. The van der Waals surface area contributed by atoms with Crippen molar-refractivity contribution in [3.05, 3.63) is 65.4 Å². The number of hydrogen-bond donors (Lipinski definition) is 1. The molecule has 1 saturated heterocycles. The number of nitrogens with one attached hydrogen (secondary N) is 1. The minimum absolute atomic E-state index is 0.00149. The van der Waals surface area contributed by atoms with E-state index in [4.69, 9.17) is 9.84 Å². The minimum atomic E-state index is -0.00149. The predicted octanol–water partition coefficient (Wildman–Crippen LogP) is 4.99. The zero-order chi connectivity index (χ0) is 23.7. The lowest BCUT2D eigenvalue weighted by Crippen LogP contribution is -2.39. The molecule has 1 atom stereocenters. The van der Waals surface area contributed by atoms with Gasteiger partial charge in [-0.1, -0.05) is 18.2 Å². The summed E-state index contributed by atoms with van der Waals surface area (Å²) in [7, 11) is 0. The van der Waals surface area contributed by atoms with Gasteiger partial charge >= 0.3 is 6.03 Å². The molecule has 0 radical (unpaired) electrons. The molecule has 2 aromatic carbocycles. The third-order valence-corrected chi connectivity index (χ3v) is 6.54. The number of benzene rings is 2. The first-order chi connectivity index (χ1) is 16.5. The molecule has 0 unspecified atom stereocenters. The molecule has 174 valence electrons. The lowest BCUT2D eigenvalue weighted by Gasteiger charge is -2.21. The number of rotatable bonds is 5. The first kappa shape index (κ1) is 22.0. The van der Waals surface area contributed by atoms with Crippen LogP contribution in [0, 0.1) is 11.3 Å². The Morgan fingerprint density at radius 3 is 2.79 bits per heavy atom. The number of likely N-dealkylation sites (tertiary alicyclic amines) is 1. The molecule has 2 heterocycles. The minimum Gasteiger partial charge on any atom is -0.490 e. The summed E-state index contributed by atoms with van der Waals surface area (Å²) in [6.07, 6.45) is 5.89. The smallest absolute Gasteiger partial charge is 0.317 e. The van der Waals surface area contributed by atoms with Crippen molar-refractivity contribution in [3.63, 3.8) is 0 Å². The van der Waals surface area contributed by atoms with E-state index < -0.39 is 0 Å². The van der Waals surface area contributed by atoms with Crippen molar-refractivity contribution in [2.45, 2.75) is 51.7 Å². The Bertz CT molecular complexity index is 1250. The molecule has 2 aliphatic rings. The van der Waals surface area contributed by atoms with Crippen molar-refractivity contribution in [2.75, 3.05) is 13.1 Å². The van der Waals surface area contributed by atoms with Crippen LogP contribution in [-0.4, -0.2) is 39.9 Å². The van der Waals surface area contributed by atoms with Crippen LogP contribution >= 0.6 is 0 Å². The molecular weight excluding hydrogens is 426 g/mol. The largest absolute Gasteiger partial charge is 0.490 e. The summed E-state index contributed by atoms with van der Waals surface area (Å²) in [6.45, 7) is 5.58. The highest BCUT2D eigenvalue weighted by atomic mass is 16.5. The average Bonchev–Trinajstić information content (AvgIpc) is 3.60. The van der Waals surface area contributed by atoms with Gasteiger partial charge in [-0.3, -0.25) is 0 Å². The van der Waals surface area contributed by atoms with Crippen molar-refractivity contribution >= 4 is 6.03 Å². The van der Waals surface area contributed by atoms with Crippen LogP contribution in [0.5, 0.6) is 5.75 Å². The van der Waals surface area contributed by atoms with E-state index in [9.17, 15) is 10.1 Å². The predicted molar refractivity (Wildman–Crippen MR) is 130 cm³/mol. The van der Waals surface area contributed by atoms with Gasteiger partial charge in [-0.25, -0.2) is 9.48 Å². The Hall–Kier alpha value is -3.79. The number of hydrogen-bond acceptors (Lipinski definition) is 4. The van der Waals surface area contributed by atoms with E-state index in [0.717, 1.165) is 55.7 Å². The van der Waals surface area contributed by atoms with Gasteiger partial charge in [-0.05, 0) is 74.9 Å². The maximum atomic E-state index is 12.6. The highest BCUT2D eigenvalue weighted by Crippen LogP contribution is 2.37. The van der Waals surface area contributed by atoms with Crippen LogP contribution in [-0.2, 0) is 6.42 Å². The number of fused-ring (bicyclic) bond motifs is 1. The molecule has 7 heteroatoms. The fourth-order valence-corrected chi connectivity index (χ4v) is 4.92. The van der Waals surface area contributed by atoms with Gasteiger partial charge in [0.15, 0.2) is 0 Å². The highest BCUT2D eigenvalue weighted by molar-refractivity contribution is 5.76. The summed E-state index contributed by atoms with van der Waals surface area (Å²) in [5.74, 6) is 0.580. The van der Waals surface area contributed by atoms with Gasteiger partial charge in [0.25, 0.3) is 0 Å². The zero-order valence-corrected chi connectivity index (χ0v) is 19.6. The number of carbonyl (C=O) groups is 1. The van der Waals surface area contributed by atoms with Crippen LogP contribution in [0.1, 0.15) is 55.8 Å². The van der Waals surface area contributed by atoms with Crippen LogP contribution in [0.4, 0.5) is 4.79 Å². The van der Waals surface area contributed by atoms with Gasteiger partial charge in [-0.15, -0.1) is 0 Å². The van der Waals surface area contributed by atoms with E-state index in [1.54, 1.807) is 10.7 Å². The van der Waals surface area contributed by atoms with E-state index >= 15 is 0 Å². The zero-order valence-electron chi connectivity index (χ0n) is 19.6. The molecule has 1 aliphatic carbocycles. The standard InChI is InChI=1S/C27H29N5O2/c1-18(2)34-26-11-8-20(16-19(26)17-28)32-15-12-25(30-32)23-7-5-6-22-21(23)9-10-24(22)29-27(33)31-13-3-4-14-31/h5-8,11-12,15-16,18,24H,3-4,9-10,13-14H2,1-2H3,(H,29,33)/t24-/m1/s1. The topological polar surface area (TPSA) is 83.2 Å². The Morgan fingerprint density at radius 2 is 2.03 bits per heavy atom. The van der Waals surface area contributed by atoms with E-state index in [1.165, 1.54) is 11.1 Å². The van der Waals surface area contributed by atoms with Crippen LogP contribution in [0.3, 0.4) is 0 Å². The number of nitrogens with zero attached hydrogens (tertiary/aromatic N) is 4. The van der Waals surface area contributed by atoms with Gasteiger partial charge in [0.1, 0.15) is 11.8 Å². The maximum Gasteiger partial charge on any atom is 0.317 e. The van der Waals surface area contributed by atoms with E-state index in [1.807, 2.05) is 49.2 Å². The van der Waals surface area contributed by atoms with Crippen molar-refractivity contribution in [1.82, 2.24) is 20.0 Å². The van der Waals surface area contributed by atoms with Crippen molar-refractivity contribution in [2.24, 2.45) is 0 Å². The molecule has 3 aromatic rings. The number of urea groups is 1. The molecule has 1 fully saturated rings. The van der Waals surface area contributed by atoms with Crippen LogP contribution < -0.4 is 10.1 Å². The highest BCUT2D eigenvalue weighted by Gasteiger charge is 2.29. The molecular formula is C27H29N5O2. The molecule has 1 aliphatic heterocycles. The third kappa shape index (κ3) is 4.24. The second-order valence-corrected chi connectivity index (χ2v) is 9.21. The Balaban J connectivity index is 1.39. The van der Waals surface area contributed by atoms with Gasteiger partial charge in [0.05, 0.1) is 29.1 Å². The number of ether oxygens (including phenoxy) is 1. The quantitative estimate of drug-likeness (QED) is 0.587. The van der Waals surface area contributed by atoms with Crippen LogP contribution in [0.15, 0.2) is 48.7 Å². The number of carbonyl (C=O) groups excluding carboxylic acids is 1. The Kier molecular flexibility index (Phi) is 5.97. The summed E-state index contributed by atoms with van der Waals surface area (Å²) in [4.78, 5) is 14.5. The second kappa shape index (κ2) is 9.22. The lowest BCUT2D eigenvalue weighted by molar-refractivity contribution is 0.204. The molecule has 34 heavy (non-hydrogen) atoms. The van der Waals surface area contributed by atoms with E-state index in [0.29, 0.717) is 11.3 Å². The number of aromatic nitrogens is 2. The van der Waals surface area contributed by atoms with E-state index in [-0.39, 0.29) is 18.2 Å². The summed E-state index contributed by atoms with van der Waals surface area (Å²) in [6, 6.07) is 16.1. The SMILES string of the molecule is CC(C)Oc1ccc(-n2ccc(-c3cccc4c3CC[C@H]4NC(=O)N3CCCC3)n2)cc1C#N. The van der Waals surface area contributed by atoms with E-state index in [2.05, 4.69) is 23.5 Å². The fourth-order valence-electron chi connectivity index (χ4n) is 4.92. The monoisotopic (exact) mass is 455 g/mol. The van der Waals surface area contributed by atoms with Crippen LogP contribution in [0.25, 0.3) is 16.9 Å². The lowest BCUT2D eigenvalue weighted by atomic mass is 10.00. The molecule has 1 N–H and O–H groups in total. The Labute approximate surface area is 199 Å². The molecule has 0 saturated carbocycles. The summed E-state index contributed by atoms with van der Waals surface area (Å²) in [5.41, 5.74) is 5.70. The summed E-state index contributed by atoms with van der Waals surface area (Å²) < 4.78 is 7.52. The first-order valence-corrected chi connectivity index (χ1v) is 12.0. The summed E-state index contributed by atoms with van der Waals surface area (Å²) in [5, 5.41) is 17.6. The normalized spacial score (nSPS) is 17.0. The molecule has 1 aromatic heterocycles. The molecule has 2 amide bonds. The van der Waals surface area contributed by atoms with Crippen molar-refractivity contribution in [1.29, 1.82) is 5.26 Å². The molecule has 0 bridgehead atoms.